The highest BCUT2D eigenvalue weighted by Gasteiger charge is 2.19. The first kappa shape index (κ1) is 12.4. The van der Waals surface area contributed by atoms with E-state index in [1.165, 1.54) is 4.57 Å². The van der Waals surface area contributed by atoms with Crippen LogP contribution in [0.4, 0.5) is 0 Å². The Morgan fingerprint density at radius 1 is 1.28 bits per heavy atom. The summed E-state index contributed by atoms with van der Waals surface area (Å²) in [7, 11) is 0. The van der Waals surface area contributed by atoms with Crippen molar-refractivity contribution in [3.8, 4) is 0 Å². The van der Waals surface area contributed by atoms with Crippen molar-refractivity contribution in [2.24, 2.45) is 0 Å². The maximum absolute atomic E-state index is 12.3. The minimum Gasteiger partial charge on any atom is -0.477 e. The lowest BCUT2D eigenvalue weighted by molar-refractivity contribution is 0.0693. The Hall–Kier alpha value is -2.10. The molecule has 0 aliphatic rings. The molecule has 0 saturated heterocycles. The highest BCUT2D eigenvalue weighted by Crippen LogP contribution is 2.21. The second kappa shape index (κ2) is 4.29. The number of fused-ring (bicyclic) bond motifs is 1. The molecule has 0 amide bonds. The summed E-state index contributed by atoms with van der Waals surface area (Å²) in [5, 5.41) is 10.0. The first-order chi connectivity index (χ1) is 8.45. The quantitative estimate of drug-likeness (QED) is 0.884. The van der Waals surface area contributed by atoms with Gasteiger partial charge < -0.3 is 9.67 Å². The van der Waals surface area contributed by atoms with Crippen LogP contribution >= 0.6 is 0 Å². The van der Waals surface area contributed by atoms with Crippen molar-refractivity contribution >= 4 is 16.9 Å². The van der Waals surface area contributed by atoms with Gasteiger partial charge >= 0.3 is 5.97 Å². The van der Waals surface area contributed by atoms with Crippen LogP contribution < -0.4 is 5.56 Å². The van der Waals surface area contributed by atoms with Crippen LogP contribution in [0.15, 0.2) is 29.1 Å². The number of rotatable bonds is 2. The number of carboxylic acids is 1. The maximum Gasteiger partial charge on any atom is 0.341 e. The Morgan fingerprint density at radius 2 is 1.89 bits per heavy atom. The van der Waals surface area contributed by atoms with Gasteiger partial charge in [0, 0.05) is 11.4 Å². The highest BCUT2D eigenvalue weighted by atomic mass is 16.4. The SMILES string of the molecule is Cc1c(C(=O)O)c(=O)n(C(C)C)c2ccccc12. The molecule has 0 atom stereocenters. The van der Waals surface area contributed by atoms with Crippen molar-refractivity contribution in [3.63, 3.8) is 0 Å². The molecule has 2 rings (SSSR count). The average molecular weight is 245 g/mol. The summed E-state index contributed by atoms with van der Waals surface area (Å²) in [5.74, 6) is -1.17. The van der Waals surface area contributed by atoms with Gasteiger partial charge in [0.25, 0.3) is 5.56 Å². The fraction of sp³-hybridized carbons (Fsp3) is 0.286. The lowest BCUT2D eigenvalue weighted by Crippen LogP contribution is -2.29. The molecule has 1 aromatic carbocycles. The average Bonchev–Trinajstić information content (AvgIpc) is 2.28. The Labute approximate surface area is 104 Å². The normalized spacial score (nSPS) is 11.1. The molecule has 2 aromatic rings. The van der Waals surface area contributed by atoms with Crippen LogP contribution in [-0.4, -0.2) is 15.6 Å². The van der Waals surface area contributed by atoms with E-state index in [4.69, 9.17) is 0 Å². The van der Waals surface area contributed by atoms with Crippen molar-refractivity contribution in [1.82, 2.24) is 4.57 Å². The van der Waals surface area contributed by atoms with Crippen LogP contribution in [0.2, 0.25) is 0 Å². The molecule has 1 N–H and O–H groups in total. The molecule has 0 aliphatic heterocycles. The number of aryl methyl sites for hydroxylation is 1. The lowest BCUT2D eigenvalue weighted by atomic mass is 10.0. The molecule has 0 aliphatic carbocycles. The van der Waals surface area contributed by atoms with Crippen LogP contribution in [0, 0.1) is 6.92 Å². The third-order valence-electron chi connectivity index (χ3n) is 3.11. The highest BCUT2D eigenvalue weighted by molar-refractivity contribution is 5.96. The standard InChI is InChI=1S/C14H15NO3/c1-8(2)15-11-7-5-4-6-10(11)9(3)12(13(15)16)14(17)18/h4-8H,1-3H3,(H,17,18). The zero-order chi connectivity index (χ0) is 13.4. The van der Waals surface area contributed by atoms with Crippen molar-refractivity contribution in [3.05, 3.63) is 45.7 Å². The number of pyridine rings is 1. The van der Waals surface area contributed by atoms with E-state index in [9.17, 15) is 14.7 Å². The van der Waals surface area contributed by atoms with E-state index in [0.717, 1.165) is 10.9 Å². The molecule has 4 nitrogen and oxygen atoms in total. The topological polar surface area (TPSA) is 59.3 Å². The van der Waals surface area contributed by atoms with E-state index in [1.54, 1.807) is 6.92 Å². The van der Waals surface area contributed by atoms with Crippen molar-refractivity contribution < 1.29 is 9.90 Å². The number of aromatic nitrogens is 1. The molecule has 1 aromatic heterocycles. The summed E-state index contributed by atoms with van der Waals surface area (Å²) in [5.41, 5.74) is 0.733. The van der Waals surface area contributed by atoms with Crippen LogP contribution in [0.1, 0.15) is 35.8 Å². The van der Waals surface area contributed by atoms with Crippen LogP contribution in [0.25, 0.3) is 10.9 Å². The largest absolute Gasteiger partial charge is 0.477 e. The van der Waals surface area contributed by atoms with E-state index in [1.807, 2.05) is 38.1 Å². The van der Waals surface area contributed by atoms with Crippen LogP contribution in [0.5, 0.6) is 0 Å². The van der Waals surface area contributed by atoms with Gasteiger partial charge in [0.2, 0.25) is 0 Å². The van der Waals surface area contributed by atoms with Crippen LogP contribution in [-0.2, 0) is 0 Å². The molecular formula is C14H15NO3. The molecule has 0 unspecified atom stereocenters. The predicted molar refractivity (Wildman–Crippen MR) is 70.3 cm³/mol. The van der Waals surface area contributed by atoms with Crippen LogP contribution in [0.3, 0.4) is 0 Å². The number of hydrogen-bond acceptors (Lipinski definition) is 2. The van der Waals surface area contributed by atoms with Gasteiger partial charge in [-0.1, -0.05) is 18.2 Å². The monoisotopic (exact) mass is 245 g/mol. The zero-order valence-electron chi connectivity index (χ0n) is 10.6. The van der Waals surface area contributed by atoms with E-state index >= 15 is 0 Å². The Bertz CT molecular complexity index is 683. The van der Waals surface area contributed by atoms with E-state index in [0.29, 0.717) is 5.56 Å². The minimum atomic E-state index is -1.17. The predicted octanol–water partition coefficient (Wildman–Crippen LogP) is 2.59. The van der Waals surface area contributed by atoms with Crippen molar-refractivity contribution in [2.75, 3.05) is 0 Å². The van der Waals surface area contributed by atoms with Gasteiger partial charge in [-0.05, 0) is 32.4 Å². The molecule has 1 heterocycles. The molecule has 0 spiro atoms. The van der Waals surface area contributed by atoms with Gasteiger partial charge in [0.1, 0.15) is 5.56 Å². The summed E-state index contributed by atoms with van der Waals surface area (Å²) in [4.78, 5) is 23.5. The number of carboxylic acid groups (broad SMARTS) is 1. The first-order valence-corrected chi connectivity index (χ1v) is 5.82. The Morgan fingerprint density at radius 3 is 2.44 bits per heavy atom. The summed E-state index contributed by atoms with van der Waals surface area (Å²) in [6.07, 6.45) is 0. The molecule has 0 radical (unpaired) electrons. The molecule has 0 fully saturated rings. The van der Waals surface area contributed by atoms with Crippen molar-refractivity contribution in [2.45, 2.75) is 26.8 Å². The zero-order valence-corrected chi connectivity index (χ0v) is 10.6. The van der Waals surface area contributed by atoms with Gasteiger partial charge in [-0.2, -0.15) is 0 Å². The summed E-state index contributed by atoms with van der Waals surface area (Å²) < 4.78 is 1.53. The smallest absolute Gasteiger partial charge is 0.341 e. The molecular weight excluding hydrogens is 230 g/mol. The lowest BCUT2D eigenvalue weighted by Gasteiger charge is -2.17. The second-order valence-corrected chi connectivity index (χ2v) is 4.59. The molecule has 94 valence electrons. The molecule has 4 heteroatoms. The summed E-state index contributed by atoms with van der Waals surface area (Å²) in [6.45, 7) is 5.42. The number of hydrogen-bond donors (Lipinski definition) is 1. The number of aromatic carboxylic acids is 1. The molecule has 18 heavy (non-hydrogen) atoms. The van der Waals surface area contributed by atoms with Gasteiger partial charge in [-0.15, -0.1) is 0 Å². The number of nitrogens with zero attached hydrogens (tertiary/aromatic N) is 1. The minimum absolute atomic E-state index is 0.0823. The van der Waals surface area contributed by atoms with Gasteiger partial charge in [-0.3, -0.25) is 4.79 Å². The molecule has 0 bridgehead atoms. The molecule has 0 saturated carbocycles. The van der Waals surface area contributed by atoms with Crippen molar-refractivity contribution in [1.29, 1.82) is 0 Å². The Kier molecular flexibility index (Phi) is 2.95. The van der Waals surface area contributed by atoms with E-state index in [-0.39, 0.29) is 11.6 Å². The van der Waals surface area contributed by atoms with E-state index < -0.39 is 11.5 Å². The summed E-state index contributed by atoms with van der Waals surface area (Å²) in [6, 6.07) is 7.29. The first-order valence-electron chi connectivity index (χ1n) is 5.82. The number of carbonyl (C=O) groups is 1. The third kappa shape index (κ3) is 1.70. The summed E-state index contributed by atoms with van der Waals surface area (Å²) >= 11 is 0. The van der Waals surface area contributed by atoms with Gasteiger partial charge in [0.15, 0.2) is 0 Å². The van der Waals surface area contributed by atoms with Gasteiger partial charge in [0.05, 0.1) is 5.52 Å². The fourth-order valence-electron chi connectivity index (χ4n) is 2.29. The third-order valence-corrected chi connectivity index (χ3v) is 3.11. The van der Waals surface area contributed by atoms with Gasteiger partial charge in [-0.25, -0.2) is 4.79 Å². The second-order valence-electron chi connectivity index (χ2n) is 4.59. The number of benzene rings is 1. The maximum atomic E-state index is 12.3. The number of para-hydroxylation sites is 1. The fourth-order valence-corrected chi connectivity index (χ4v) is 2.29. The van der Waals surface area contributed by atoms with E-state index in [2.05, 4.69) is 0 Å². The Balaban J connectivity index is 3.07.